The number of phenolic OH excluding ortho intramolecular Hbond substituents is 2. The van der Waals surface area contributed by atoms with E-state index in [9.17, 15) is 10.2 Å². The summed E-state index contributed by atoms with van der Waals surface area (Å²) in [5.41, 5.74) is 8.11. The predicted molar refractivity (Wildman–Crippen MR) is 226 cm³/mol. The Kier molecular flexibility index (Phi) is 17.4. The molecule has 292 valence electrons. The van der Waals surface area contributed by atoms with Crippen molar-refractivity contribution in [1.29, 1.82) is 0 Å². The van der Waals surface area contributed by atoms with E-state index in [4.69, 9.17) is 4.74 Å². The van der Waals surface area contributed by atoms with Gasteiger partial charge in [-0.3, -0.25) is 0 Å². The van der Waals surface area contributed by atoms with Crippen LogP contribution in [0.15, 0.2) is 93.3 Å². The molecule has 7 heteroatoms. The van der Waals surface area contributed by atoms with E-state index in [1.165, 1.54) is 68.9 Å². The Morgan fingerprint density at radius 3 is 1.43 bits per heavy atom. The summed E-state index contributed by atoms with van der Waals surface area (Å²) in [6, 6.07) is 22.5. The molecule has 0 unspecified atom stereocenters. The van der Waals surface area contributed by atoms with Crippen LogP contribution in [0.5, 0.6) is 17.2 Å². The molecule has 0 atom stereocenters. The second-order valence-corrected chi connectivity index (χ2v) is 16.6. The molecule has 0 amide bonds. The highest BCUT2D eigenvalue weighted by atomic mass is 16.5. The first-order chi connectivity index (χ1) is 25.6. The normalized spacial score (nSPS) is 12.0. The summed E-state index contributed by atoms with van der Waals surface area (Å²) in [7, 11) is 0. The zero-order chi connectivity index (χ0) is 39.7. The number of azo groups is 2. The Labute approximate surface area is 326 Å². The van der Waals surface area contributed by atoms with Crippen LogP contribution in [-0.2, 0) is 10.8 Å². The van der Waals surface area contributed by atoms with Gasteiger partial charge in [0.15, 0.2) is 0 Å². The number of benzene rings is 4. The molecular formula is C47H66N4O3. The van der Waals surface area contributed by atoms with Crippen LogP contribution in [0.3, 0.4) is 0 Å². The molecule has 4 aromatic carbocycles. The first-order valence-corrected chi connectivity index (χ1v) is 19.9. The standard InChI is InChI=1S/C30H46N2O.C17H20N2O2/c1-7-8-9-10-11-12-13-14-15-16-21-33-29-25(3)22-27(23-28(29)30(4,5)6)32-31-26-19-17-24(2)18-20-26;1-11-9-13(10-15(16(11)21)17(2,3)4)19-18-12-5-7-14(20)8-6-12/h17-20,22-23H,7-16,21H2,1-6H3;5-10,20-21H,1-4H3. The van der Waals surface area contributed by atoms with Crippen LogP contribution in [0.1, 0.15) is 140 Å². The highest BCUT2D eigenvalue weighted by Gasteiger charge is 2.22. The van der Waals surface area contributed by atoms with Gasteiger partial charge in [-0.05, 0) is 110 Å². The molecule has 4 aromatic rings. The lowest BCUT2D eigenvalue weighted by Crippen LogP contribution is -2.14. The van der Waals surface area contributed by atoms with Crippen molar-refractivity contribution in [2.45, 2.75) is 144 Å². The van der Waals surface area contributed by atoms with Gasteiger partial charge in [-0.25, -0.2) is 0 Å². The van der Waals surface area contributed by atoms with Gasteiger partial charge in [0, 0.05) is 11.1 Å². The fourth-order valence-electron chi connectivity index (χ4n) is 6.08. The number of hydrogen-bond donors (Lipinski definition) is 2. The average Bonchev–Trinajstić information content (AvgIpc) is 3.11. The summed E-state index contributed by atoms with van der Waals surface area (Å²) in [5.74, 6) is 1.53. The maximum atomic E-state index is 10.2. The van der Waals surface area contributed by atoms with Crippen LogP contribution in [0.25, 0.3) is 0 Å². The van der Waals surface area contributed by atoms with E-state index in [0.717, 1.165) is 46.8 Å². The summed E-state index contributed by atoms with van der Waals surface area (Å²) < 4.78 is 6.33. The van der Waals surface area contributed by atoms with Gasteiger partial charge in [0.05, 0.1) is 29.4 Å². The molecule has 0 heterocycles. The summed E-state index contributed by atoms with van der Waals surface area (Å²) in [6.45, 7) is 21.9. The summed E-state index contributed by atoms with van der Waals surface area (Å²) in [4.78, 5) is 0. The number of aromatic hydroxyl groups is 2. The van der Waals surface area contributed by atoms with Gasteiger partial charge in [0.1, 0.15) is 17.2 Å². The molecule has 0 aliphatic carbocycles. The molecule has 7 nitrogen and oxygen atoms in total. The number of nitrogens with zero attached hydrogens (tertiary/aromatic N) is 4. The molecule has 54 heavy (non-hydrogen) atoms. The number of rotatable bonds is 16. The molecule has 0 spiro atoms. The molecule has 0 radical (unpaired) electrons. The van der Waals surface area contributed by atoms with E-state index in [1.54, 1.807) is 30.3 Å². The van der Waals surface area contributed by atoms with Crippen molar-refractivity contribution in [3.05, 3.63) is 101 Å². The van der Waals surface area contributed by atoms with Gasteiger partial charge in [-0.2, -0.15) is 20.5 Å². The Morgan fingerprint density at radius 1 is 0.500 bits per heavy atom. The van der Waals surface area contributed by atoms with Crippen molar-refractivity contribution in [3.63, 3.8) is 0 Å². The Hall–Kier alpha value is -4.52. The number of aryl methyl sites for hydroxylation is 3. The zero-order valence-electron chi connectivity index (χ0n) is 34.8. The maximum absolute atomic E-state index is 10.2. The smallest absolute Gasteiger partial charge is 0.126 e. The maximum Gasteiger partial charge on any atom is 0.126 e. The molecular weight excluding hydrogens is 669 g/mol. The molecule has 0 fully saturated rings. The highest BCUT2D eigenvalue weighted by molar-refractivity contribution is 5.56. The molecule has 0 aliphatic heterocycles. The summed E-state index contributed by atoms with van der Waals surface area (Å²) in [5, 5.41) is 36.7. The van der Waals surface area contributed by atoms with E-state index >= 15 is 0 Å². The van der Waals surface area contributed by atoms with Crippen molar-refractivity contribution < 1.29 is 14.9 Å². The van der Waals surface area contributed by atoms with Crippen LogP contribution < -0.4 is 4.74 Å². The van der Waals surface area contributed by atoms with E-state index in [1.807, 2.05) is 45.9 Å². The van der Waals surface area contributed by atoms with Crippen molar-refractivity contribution in [2.75, 3.05) is 6.61 Å². The van der Waals surface area contributed by atoms with Gasteiger partial charge < -0.3 is 14.9 Å². The number of ether oxygens (including phenoxy) is 1. The lowest BCUT2D eigenvalue weighted by molar-refractivity contribution is 0.294. The van der Waals surface area contributed by atoms with Crippen LogP contribution in [0.4, 0.5) is 22.7 Å². The minimum atomic E-state index is -0.168. The van der Waals surface area contributed by atoms with Crippen LogP contribution in [0.2, 0.25) is 0 Å². The minimum Gasteiger partial charge on any atom is -0.508 e. The molecule has 0 saturated heterocycles. The topological polar surface area (TPSA) is 99.1 Å². The lowest BCUT2D eigenvalue weighted by Gasteiger charge is -2.24. The second-order valence-electron chi connectivity index (χ2n) is 16.6. The summed E-state index contributed by atoms with van der Waals surface area (Å²) >= 11 is 0. The van der Waals surface area contributed by atoms with Crippen LogP contribution >= 0.6 is 0 Å². The Morgan fingerprint density at radius 2 is 0.926 bits per heavy atom. The van der Waals surface area contributed by atoms with E-state index in [-0.39, 0.29) is 16.6 Å². The van der Waals surface area contributed by atoms with Crippen molar-refractivity contribution >= 4 is 22.7 Å². The third-order valence-corrected chi connectivity index (χ3v) is 9.35. The van der Waals surface area contributed by atoms with E-state index in [0.29, 0.717) is 17.1 Å². The van der Waals surface area contributed by atoms with Gasteiger partial charge >= 0.3 is 0 Å². The first-order valence-electron chi connectivity index (χ1n) is 19.9. The third kappa shape index (κ3) is 15.1. The fraction of sp³-hybridized carbons (Fsp3) is 0.489. The van der Waals surface area contributed by atoms with E-state index in [2.05, 4.69) is 86.3 Å². The molecule has 2 N–H and O–H groups in total. The molecule has 4 rings (SSSR count). The number of hydrogen-bond acceptors (Lipinski definition) is 7. The largest absolute Gasteiger partial charge is 0.508 e. The van der Waals surface area contributed by atoms with Gasteiger partial charge in [0.25, 0.3) is 0 Å². The van der Waals surface area contributed by atoms with Gasteiger partial charge in [-0.1, -0.05) is 124 Å². The summed E-state index contributed by atoms with van der Waals surface area (Å²) in [6.07, 6.45) is 13.4. The number of unbranched alkanes of at least 4 members (excludes halogenated alkanes) is 9. The van der Waals surface area contributed by atoms with Crippen molar-refractivity contribution in [2.24, 2.45) is 20.5 Å². The Bertz CT molecular complexity index is 1780. The number of phenols is 2. The van der Waals surface area contributed by atoms with Crippen molar-refractivity contribution in [3.8, 4) is 17.2 Å². The van der Waals surface area contributed by atoms with Gasteiger partial charge in [-0.15, -0.1) is 0 Å². The van der Waals surface area contributed by atoms with Crippen LogP contribution in [-0.4, -0.2) is 16.8 Å². The zero-order valence-corrected chi connectivity index (χ0v) is 34.8. The molecule has 0 aliphatic rings. The fourth-order valence-corrected chi connectivity index (χ4v) is 6.08. The average molecular weight is 735 g/mol. The molecule has 0 saturated carbocycles. The quantitative estimate of drug-likeness (QED) is 0.0885. The lowest BCUT2D eigenvalue weighted by atomic mass is 9.85. The molecule has 0 bridgehead atoms. The van der Waals surface area contributed by atoms with Crippen LogP contribution in [0, 0.1) is 20.8 Å². The SMILES string of the molecule is CCCCCCCCCCCCOc1c(C)cc(N=Nc2ccc(C)cc2)cc1C(C)(C)C.Cc1cc(N=Nc2ccc(O)cc2)cc(C(C)(C)C)c1O. The minimum absolute atomic E-state index is 0.0206. The predicted octanol–water partition coefficient (Wildman–Crippen LogP) is 15.4. The monoisotopic (exact) mass is 735 g/mol. The van der Waals surface area contributed by atoms with Crippen molar-refractivity contribution in [1.82, 2.24) is 0 Å². The van der Waals surface area contributed by atoms with Gasteiger partial charge in [0.2, 0.25) is 0 Å². The third-order valence-electron chi connectivity index (χ3n) is 9.35. The Balaban J connectivity index is 0.000000320. The van der Waals surface area contributed by atoms with E-state index < -0.39 is 0 Å². The molecule has 0 aromatic heterocycles. The second kappa shape index (κ2) is 21.4. The highest BCUT2D eigenvalue weighted by Crippen LogP contribution is 2.39. The first kappa shape index (κ1) is 43.9.